The Kier molecular flexibility index (Phi) is 6.34. The van der Waals surface area contributed by atoms with Gasteiger partial charge in [0.15, 0.2) is 6.61 Å². The van der Waals surface area contributed by atoms with Gasteiger partial charge in [0, 0.05) is 13.1 Å². The van der Waals surface area contributed by atoms with E-state index in [0.29, 0.717) is 18.7 Å². The Balaban J connectivity index is 1.39. The van der Waals surface area contributed by atoms with E-state index in [2.05, 4.69) is 5.32 Å². The number of carbonyl (C=O) groups excluding carboxylic acids is 1. The number of nitrogens with one attached hydrogen (secondary N) is 1. The summed E-state index contributed by atoms with van der Waals surface area (Å²) >= 11 is 6.24. The normalized spacial score (nSPS) is 13.0. The van der Waals surface area contributed by atoms with Crippen LogP contribution in [0.4, 0.5) is 10.1 Å². The second-order valence-electron chi connectivity index (χ2n) is 7.24. The van der Waals surface area contributed by atoms with Gasteiger partial charge in [-0.05, 0) is 53.9 Å². The summed E-state index contributed by atoms with van der Waals surface area (Å²) in [5.74, 6) is -0.544. The number of para-hydroxylation sites is 1. The number of amides is 1. The fourth-order valence-electron chi connectivity index (χ4n) is 3.44. The van der Waals surface area contributed by atoms with Crippen LogP contribution >= 0.6 is 11.6 Å². The molecule has 166 valence electrons. The van der Waals surface area contributed by atoms with Crippen LogP contribution in [-0.4, -0.2) is 27.5 Å². The number of fused-ring (bicyclic) bond motifs is 1. The smallest absolute Gasteiger partial charge is 0.264 e. The Labute approximate surface area is 190 Å². The molecule has 6 nitrogen and oxygen atoms in total. The van der Waals surface area contributed by atoms with Crippen molar-refractivity contribution in [3.8, 4) is 5.75 Å². The van der Waals surface area contributed by atoms with E-state index in [1.54, 1.807) is 24.3 Å². The number of nitrogens with zero attached hydrogens (tertiary/aromatic N) is 1. The number of hydrogen-bond acceptors (Lipinski definition) is 4. The summed E-state index contributed by atoms with van der Waals surface area (Å²) in [7, 11) is -3.78. The van der Waals surface area contributed by atoms with E-state index in [-0.39, 0.29) is 34.6 Å². The van der Waals surface area contributed by atoms with Crippen LogP contribution < -0.4 is 14.4 Å². The summed E-state index contributed by atoms with van der Waals surface area (Å²) in [5.41, 5.74) is 2.39. The van der Waals surface area contributed by atoms with Crippen LogP contribution in [0.2, 0.25) is 5.02 Å². The molecule has 1 amide bonds. The van der Waals surface area contributed by atoms with Crippen molar-refractivity contribution in [2.24, 2.45) is 0 Å². The molecule has 4 rings (SSSR count). The SMILES string of the molecule is O=C(COc1ccc(S(=O)(=O)N2CCc3ccccc32)cc1Cl)NCc1ccc(F)cc1. The lowest BCUT2D eigenvalue weighted by Gasteiger charge is -2.20. The minimum atomic E-state index is -3.78. The Hall–Kier alpha value is -3.10. The van der Waals surface area contributed by atoms with Gasteiger partial charge in [-0.2, -0.15) is 0 Å². The van der Waals surface area contributed by atoms with Crippen LogP contribution in [0.25, 0.3) is 0 Å². The van der Waals surface area contributed by atoms with Gasteiger partial charge in [-0.1, -0.05) is 41.9 Å². The number of sulfonamides is 1. The second-order valence-corrected chi connectivity index (χ2v) is 9.51. The fraction of sp³-hybridized carbons (Fsp3) is 0.174. The van der Waals surface area contributed by atoms with E-state index < -0.39 is 15.9 Å². The van der Waals surface area contributed by atoms with Gasteiger partial charge in [-0.15, -0.1) is 0 Å². The van der Waals surface area contributed by atoms with E-state index in [1.165, 1.54) is 34.6 Å². The molecule has 1 aliphatic heterocycles. The van der Waals surface area contributed by atoms with Gasteiger partial charge in [0.1, 0.15) is 11.6 Å². The molecule has 1 N–H and O–H groups in total. The van der Waals surface area contributed by atoms with Crippen LogP contribution in [0, 0.1) is 5.82 Å². The fourth-order valence-corrected chi connectivity index (χ4v) is 5.27. The first-order valence-corrected chi connectivity index (χ1v) is 11.7. The van der Waals surface area contributed by atoms with Gasteiger partial charge >= 0.3 is 0 Å². The first-order valence-electron chi connectivity index (χ1n) is 9.89. The molecular formula is C23H20ClFN2O4S. The van der Waals surface area contributed by atoms with Gasteiger partial charge < -0.3 is 10.1 Å². The number of carbonyl (C=O) groups is 1. The Morgan fingerprint density at radius 1 is 1.09 bits per heavy atom. The molecule has 0 aromatic heterocycles. The first kappa shape index (κ1) is 22.1. The van der Waals surface area contributed by atoms with Crippen molar-refractivity contribution in [2.75, 3.05) is 17.5 Å². The summed E-state index contributed by atoms with van der Waals surface area (Å²) in [5, 5.41) is 2.75. The molecule has 3 aromatic carbocycles. The maximum atomic E-state index is 13.1. The van der Waals surface area contributed by atoms with Gasteiger partial charge in [0.25, 0.3) is 15.9 Å². The van der Waals surface area contributed by atoms with Gasteiger partial charge in [-0.25, -0.2) is 12.8 Å². The molecular weight excluding hydrogens is 455 g/mol. The van der Waals surface area contributed by atoms with E-state index in [0.717, 1.165) is 11.1 Å². The van der Waals surface area contributed by atoms with E-state index in [4.69, 9.17) is 16.3 Å². The topological polar surface area (TPSA) is 75.7 Å². The number of benzene rings is 3. The number of rotatable bonds is 7. The molecule has 0 saturated carbocycles. The Morgan fingerprint density at radius 3 is 2.59 bits per heavy atom. The van der Waals surface area contributed by atoms with Crippen molar-refractivity contribution in [2.45, 2.75) is 17.9 Å². The van der Waals surface area contributed by atoms with E-state index >= 15 is 0 Å². The van der Waals surface area contributed by atoms with Crippen molar-refractivity contribution in [3.63, 3.8) is 0 Å². The van der Waals surface area contributed by atoms with Crippen LogP contribution in [0.5, 0.6) is 5.75 Å². The van der Waals surface area contributed by atoms with Gasteiger partial charge in [0.05, 0.1) is 15.6 Å². The third-order valence-electron chi connectivity index (χ3n) is 5.10. The van der Waals surface area contributed by atoms with Crippen molar-refractivity contribution < 1.29 is 22.3 Å². The molecule has 9 heteroatoms. The molecule has 32 heavy (non-hydrogen) atoms. The highest BCUT2D eigenvalue weighted by Crippen LogP contribution is 2.35. The van der Waals surface area contributed by atoms with E-state index in [1.807, 2.05) is 12.1 Å². The predicted octanol–water partition coefficient (Wildman–Crippen LogP) is 3.93. The minimum Gasteiger partial charge on any atom is -0.482 e. The molecule has 0 saturated heterocycles. The minimum absolute atomic E-state index is 0.0484. The molecule has 1 aliphatic rings. The van der Waals surface area contributed by atoms with Crippen molar-refractivity contribution in [1.82, 2.24) is 5.32 Å². The number of hydrogen-bond donors (Lipinski definition) is 1. The van der Waals surface area contributed by atoms with Crippen LogP contribution in [-0.2, 0) is 27.8 Å². The molecule has 0 unspecified atom stereocenters. The maximum Gasteiger partial charge on any atom is 0.264 e. The summed E-state index contributed by atoms with van der Waals surface area (Å²) < 4.78 is 46.0. The molecule has 3 aromatic rings. The molecule has 1 heterocycles. The highest BCUT2D eigenvalue weighted by Gasteiger charge is 2.31. The summed E-state index contributed by atoms with van der Waals surface area (Å²) in [4.78, 5) is 12.1. The standard InChI is InChI=1S/C23H20ClFN2O4S/c24-20-13-19(32(29,30)27-12-11-17-3-1-2-4-21(17)27)9-10-22(20)31-15-23(28)26-14-16-5-7-18(25)8-6-16/h1-10,13H,11-12,14-15H2,(H,26,28). The lowest BCUT2D eigenvalue weighted by Crippen LogP contribution is -2.29. The van der Waals surface area contributed by atoms with Gasteiger partial charge in [-0.3, -0.25) is 9.10 Å². The molecule has 0 bridgehead atoms. The summed E-state index contributed by atoms with van der Waals surface area (Å²) in [6, 6.07) is 17.3. The molecule has 0 atom stereocenters. The quantitative estimate of drug-likeness (QED) is 0.563. The molecule has 0 radical (unpaired) electrons. The first-order chi connectivity index (χ1) is 15.3. The monoisotopic (exact) mass is 474 g/mol. The average Bonchev–Trinajstić information content (AvgIpc) is 3.23. The third-order valence-corrected chi connectivity index (χ3v) is 7.20. The number of anilines is 1. The van der Waals surface area contributed by atoms with Crippen molar-refractivity contribution in [3.05, 3.63) is 88.7 Å². The maximum absolute atomic E-state index is 13.1. The lowest BCUT2D eigenvalue weighted by atomic mass is 10.2. The molecule has 0 fully saturated rings. The Bertz CT molecular complexity index is 1250. The number of halogens is 2. The van der Waals surface area contributed by atoms with E-state index in [9.17, 15) is 17.6 Å². The highest BCUT2D eigenvalue weighted by molar-refractivity contribution is 7.92. The zero-order chi connectivity index (χ0) is 22.7. The predicted molar refractivity (Wildman–Crippen MR) is 120 cm³/mol. The summed E-state index contributed by atoms with van der Waals surface area (Å²) in [6.45, 7) is 0.295. The van der Waals surface area contributed by atoms with Crippen LogP contribution in [0.15, 0.2) is 71.6 Å². The summed E-state index contributed by atoms with van der Waals surface area (Å²) in [6.07, 6.45) is 0.650. The van der Waals surface area contributed by atoms with Crippen LogP contribution in [0.3, 0.4) is 0 Å². The van der Waals surface area contributed by atoms with Crippen molar-refractivity contribution in [1.29, 1.82) is 0 Å². The molecule has 0 spiro atoms. The largest absolute Gasteiger partial charge is 0.482 e. The number of ether oxygens (including phenoxy) is 1. The zero-order valence-corrected chi connectivity index (χ0v) is 18.5. The van der Waals surface area contributed by atoms with Crippen LogP contribution in [0.1, 0.15) is 11.1 Å². The van der Waals surface area contributed by atoms with Crippen molar-refractivity contribution >= 4 is 33.2 Å². The third kappa shape index (κ3) is 4.71. The molecule has 0 aliphatic carbocycles. The van der Waals surface area contributed by atoms with Gasteiger partial charge in [0.2, 0.25) is 0 Å². The lowest BCUT2D eigenvalue weighted by molar-refractivity contribution is -0.123. The second kappa shape index (κ2) is 9.18. The average molecular weight is 475 g/mol. The Morgan fingerprint density at radius 2 is 1.84 bits per heavy atom. The highest BCUT2D eigenvalue weighted by atomic mass is 35.5. The zero-order valence-electron chi connectivity index (χ0n) is 16.9.